The number of alkyl halides is 1. The Bertz CT molecular complexity index is 309. The van der Waals surface area contributed by atoms with Crippen LogP contribution in [0.5, 0.6) is 0 Å². The SMILES string of the molecule is CC(Cl)C(C)c1ccc(C2CCC2)cc1. The lowest BCUT2D eigenvalue weighted by atomic mass is 9.79. The number of hydrogen-bond acceptors (Lipinski definition) is 0. The van der Waals surface area contributed by atoms with Crippen molar-refractivity contribution in [3.63, 3.8) is 0 Å². The Kier molecular flexibility index (Phi) is 3.35. The largest absolute Gasteiger partial charge is 0.123 e. The van der Waals surface area contributed by atoms with E-state index in [-0.39, 0.29) is 5.38 Å². The molecule has 2 unspecified atom stereocenters. The van der Waals surface area contributed by atoms with Gasteiger partial charge in [-0.15, -0.1) is 11.6 Å². The average molecular weight is 223 g/mol. The highest BCUT2D eigenvalue weighted by molar-refractivity contribution is 6.20. The molecular weight excluding hydrogens is 204 g/mol. The third-order valence-corrected chi connectivity index (χ3v) is 4.11. The summed E-state index contributed by atoms with van der Waals surface area (Å²) in [4.78, 5) is 0. The van der Waals surface area contributed by atoms with E-state index in [1.807, 2.05) is 0 Å². The van der Waals surface area contributed by atoms with Crippen LogP contribution in [0.4, 0.5) is 0 Å². The number of benzene rings is 1. The zero-order valence-corrected chi connectivity index (χ0v) is 10.3. The molecule has 1 aromatic rings. The van der Waals surface area contributed by atoms with Crippen molar-refractivity contribution < 1.29 is 0 Å². The van der Waals surface area contributed by atoms with E-state index < -0.39 is 0 Å². The molecule has 0 aliphatic heterocycles. The van der Waals surface area contributed by atoms with Crippen molar-refractivity contribution in [2.24, 2.45) is 0 Å². The molecule has 1 heteroatoms. The Hall–Kier alpha value is -0.490. The third kappa shape index (κ3) is 2.36. The Labute approximate surface area is 97.6 Å². The molecule has 1 saturated carbocycles. The van der Waals surface area contributed by atoms with E-state index in [1.165, 1.54) is 30.4 Å². The van der Waals surface area contributed by atoms with Gasteiger partial charge in [-0.05, 0) is 42.7 Å². The zero-order chi connectivity index (χ0) is 10.8. The van der Waals surface area contributed by atoms with Crippen LogP contribution in [0.15, 0.2) is 24.3 Å². The van der Waals surface area contributed by atoms with Gasteiger partial charge in [0.1, 0.15) is 0 Å². The Balaban J connectivity index is 2.09. The average Bonchev–Trinajstić information content (AvgIpc) is 2.15. The molecule has 0 aromatic heterocycles. The number of hydrogen-bond donors (Lipinski definition) is 0. The molecule has 0 spiro atoms. The molecule has 1 aromatic carbocycles. The normalized spacial score (nSPS) is 20.7. The van der Waals surface area contributed by atoms with Gasteiger partial charge in [-0.2, -0.15) is 0 Å². The van der Waals surface area contributed by atoms with Crippen molar-refractivity contribution in [1.29, 1.82) is 0 Å². The molecule has 0 radical (unpaired) electrons. The number of halogens is 1. The van der Waals surface area contributed by atoms with Gasteiger partial charge in [0.25, 0.3) is 0 Å². The molecule has 0 amide bonds. The second kappa shape index (κ2) is 4.57. The Morgan fingerprint density at radius 2 is 1.73 bits per heavy atom. The summed E-state index contributed by atoms with van der Waals surface area (Å²) in [6.45, 7) is 4.25. The van der Waals surface area contributed by atoms with E-state index >= 15 is 0 Å². The van der Waals surface area contributed by atoms with Gasteiger partial charge in [0.05, 0.1) is 0 Å². The van der Waals surface area contributed by atoms with Gasteiger partial charge < -0.3 is 0 Å². The van der Waals surface area contributed by atoms with Crippen molar-refractivity contribution in [3.8, 4) is 0 Å². The monoisotopic (exact) mass is 222 g/mol. The smallest absolute Gasteiger partial charge is 0.0373 e. The fourth-order valence-corrected chi connectivity index (χ4v) is 2.22. The quantitative estimate of drug-likeness (QED) is 0.652. The lowest BCUT2D eigenvalue weighted by Crippen LogP contribution is -2.09. The van der Waals surface area contributed by atoms with Crippen LogP contribution in [0.1, 0.15) is 56.1 Å². The van der Waals surface area contributed by atoms with Crippen LogP contribution in [-0.4, -0.2) is 5.38 Å². The maximum absolute atomic E-state index is 6.10. The molecule has 15 heavy (non-hydrogen) atoms. The van der Waals surface area contributed by atoms with Crippen LogP contribution in [0.3, 0.4) is 0 Å². The summed E-state index contributed by atoms with van der Waals surface area (Å²) < 4.78 is 0. The Morgan fingerprint density at radius 1 is 1.13 bits per heavy atom. The molecule has 0 nitrogen and oxygen atoms in total. The van der Waals surface area contributed by atoms with Crippen molar-refractivity contribution in [2.75, 3.05) is 0 Å². The van der Waals surface area contributed by atoms with Gasteiger partial charge in [0.15, 0.2) is 0 Å². The van der Waals surface area contributed by atoms with Gasteiger partial charge in [-0.25, -0.2) is 0 Å². The van der Waals surface area contributed by atoms with E-state index in [0.717, 1.165) is 5.92 Å². The van der Waals surface area contributed by atoms with Crippen LogP contribution in [0.25, 0.3) is 0 Å². The molecule has 0 heterocycles. The predicted octanol–water partition coefficient (Wildman–Crippen LogP) is 4.68. The van der Waals surface area contributed by atoms with Crippen LogP contribution in [0, 0.1) is 0 Å². The van der Waals surface area contributed by atoms with Gasteiger partial charge in [0, 0.05) is 5.38 Å². The fraction of sp³-hybridized carbons (Fsp3) is 0.571. The highest BCUT2D eigenvalue weighted by Gasteiger charge is 2.19. The van der Waals surface area contributed by atoms with Crippen LogP contribution in [0.2, 0.25) is 0 Å². The maximum atomic E-state index is 6.10. The van der Waals surface area contributed by atoms with Gasteiger partial charge in [-0.3, -0.25) is 0 Å². The van der Waals surface area contributed by atoms with E-state index in [4.69, 9.17) is 11.6 Å². The summed E-state index contributed by atoms with van der Waals surface area (Å²) in [6, 6.07) is 9.07. The molecular formula is C14H19Cl. The van der Waals surface area contributed by atoms with Crippen molar-refractivity contribution in [1.82, 2.24) is 0 Å². The topological polar surface area (TPSA) is 0 Å². The van der Waals surface area contributed by atoms with E-state index in [0.29, 0.717) is 5.92 Å². The van der Waals surface area contributed by atoms with Gasteiger partial charge >= 0.3 is 0 Å². The van der Waals surface area contributed by atoms with Crippen LogP contribution >= 0.6 is 11.6 Å². The second-order valence-electron chi connectivity index (χ2n) is 4.76. The van der Waals surface area contributed by atoms with Gasteiger partial charge in [0.2, 0.25) is 0 Å². The molecule has 2 atom stereocenters. The second-order valence-corrected chi connectivity index (χ2v) is 5.45. The van der Waals surface area contributed by atoms with Crippen molar-refractivity contribution in [3.05, 3.63) is 35.4 Å². The highest BCUT2D eigenvalue weighted by atomic mass is 35.5. The minimum Gasteiger partial charge on any atom is -0.123 e. The number of rotatable bonds is 3. The minimum atomic E-state index is 0.208. The summed E-state index contributed by atoms with van der Waals surface area (Å²) in [5.41, 5.74) is 2.87. The summed E-state index contributed by atoms with van der Waals surface area (Å²) in [5, 5.41) is 0.208. The first-order chi connectivity index (χ1) is 7.18. The van der Waals surface area contributed by atoms with E-state index in [9.17, 15) is 0 Å². The maximum Gasteiger partial charge on any atom is 0.0373 e. The summed E-state index contributed by atoms with van der Waals surface area (Å²) in [5.74, 6) is 1.28. The lowest BCUT2D eigenvalue weighted by molar-refractivity contribution is 0.419. The minimum absolute atomic E-state index is 0.208. The van der Waals surface area contributed by atoms with E-state index in [2.05, 4.69) is 38.1 Å². The summed E-state index contributed by atoms with van der Waals surface area (Å²) in [7, 11) is 0. The molecule has 2 rings (SSSR count). The molecule has 1 aliphatic carbocycles. The van der Waals surface area contributed by atoms with Gasteiger partial charge in [-0.1, -0.05) is 37.6 Å². The first-order valence-corrected chi connectivity index (χ1v) is 6.36. The fourth-order valence-electron chi connectivity index (χ4n) is 2.08. The molecule has 1 aliphatic rings. The van der Waals surface area contributed by atoms with Crippen LogP contribution in [-0.2, 0) is 0 Å². The summed E-state index contributed by atoms with van der Waals surface area (Å²) >= 11 is 6.10. The van der Waals surface area contributed by atoms with E-state index in [1.54, 1.807) is 0 Å². The Morgan fingerprint density at radius 3 is 2.13 bits per heavy atom. The molecule has 82 valence electrons. The summed E-state index contributed by atoms with van der Waals surface area (Å²) in [6.07, 6.45) is 4.16. The molecule has 0 saturated heterocycles. The predicted molar refractivity (Wildman–Crippen MR) is 66.8 cm³/mol. The zero-order valence-electron chi connectivity index (χ0n) is 9.54. The third-order valence-electron chi connectivity index (χ3n) is 3.73. The highest BCUT2D eigenvalue weighted by Crippen LogP contribution is 2.36. The molecule has 0 N–H and O–H groups in total. The lowest BCUT2D eigenvalue weighted by Gasteiger charge is -2.26. The first kappa shape index (κ1) is 11.0. The molecule has 1 fully saturated rings. The standard InChI is InChI=1S/C14H19Cl/c1-10(11(2)15)12-6-8-14(9-7-12)13-4-3-5-13/h6-11,13H,3-5H2,1-2H3. The molecule has 0 bridgehead atoms. The first-order valence-electron chi connectivity index (χ1n) is 5.92. The van der Waals surface area contributed by atoms with Crippen LogP contribution < -0.4 is 0 Å². The van der Waals surface area contributed by atoms with Crippen molar-refractivity contribution >= 4 is 11.6 Å². The van der Waals surface area contributed by atoms with Crippen molar-refractivity contribution in [2.45, 2.75) is 50.3 Å².